The van der Waals surface area contributed by atoms with E-state index >= 15 is 0 Å². The van der Waals surface area contributed by atoms with E-state index in [0.717, 1.165) is 10.2 Å². The van der Waals surface area contributed by atoms with Gasteiger partial charge in [0, 0.05) is 12.1 Å². The number of hydrogen-bond acceptors (Lipinski definition) is 2. The van der Waals surface area contributed by atoms with Gasteiger partial charge >= 0.3 is 0 Å². The smallest absolute Gasteiger partial charge is 0.279 e. The van der Waals surface area contributed by atoms with E-state index in [1.165, 1.54) is 22.5 Å². The maximum absolute atomic E-state index is 12.4. The number of amides is 1. The quantitative estimate of drug-likeness (QED) is 0.664. The van der Waals surface area contributed by atoms with Crippen molar-refractivity contribution in [3.8, 4) is 0 Å². The summed E-state index contributed by atoms with van der Waals surface area (Å²) in [6.45, 7) is 8.64. The number of thiazole rings is 1. The van der Waals surface area contributed by atoms with Crippen LogP contribution in [-0.2, 0) is 6.54 Å². The number of fused-ring (bicyclic) bond motifs is 1. The Morgan fingerprint density at radius 1 is 1.22 bits per heavy atom. The Morgan fingerprint density at radius 3 is 2.61 bits per heavy atom. The summed E-state index contributed by atoms with van der Waals surface area (Å²) in [6, 6.07) is 13.4. The number of rotatable bonds is 3. The molecule has 2 aromatic carbocycles. The zero-order chi connectivity index (χ0) is 16.4. The lowest BCUT2D eigenvalue weighted by molar-refractivity contribution is 0.0998. The fraction of sp³-hybridized carbons (Fsp3) is 0.158. The SMILES string of the molecule is C=CCn1c(=NC(=O)c2ccccc2)sc2cc(C)c(C)cc21. The molecular formula is C19H18N2OS. The van der Waals surface area contributed by atoms with Gasteiger partial charge in [-0.3, -0.25) is 4.79 Å². The Labute approximate surface area is 139 Å². The second kappa shape index (κ2) is 6.34. The van der Waals surface area contributed by atoms with Gasteiger partial charge in [-0.2, -0.15) is 4.99 Å². The first-order chi connectivity index (χ1) is 11.1. The van der Waals surface area contributed by atoms with E-state index < -0.39 is 0 Å². The molecule has 0 spiro atoms. The minimum absolute atomic E-state index is 0.219. The van der Waals surface area contributed by atoms with Gasteiger partial charge in [0.05, 0.1) is 10.2 Å². The lowest BCUT2D eigenvalue weighted by Crippen LogP contribution is -2.16. The monoisotopic (exact) mass is 322 g/mol. The van der Waals surface area contributed by atoms with Crippen molar-refractivity contribution in [2.24, 2.45) is 4.99 Å². The number of benzene rings is 2. The molecule has 0 aliphatic heterocycles. The number of aromatic nitrogens is 1. The van der Waals surface area contributed by atoms with E-state index in [9.17, 15) is 4.79 Å². The summed E-state index contributed by atoms with van der Waals surface area (Å²) in [5.74, 6) is -0.219. The molecular weight excluding hydrogens is 304 g/mol. The molecule has 0 fully saturated rings. The molecule has 0 radical (unpaired) electrons. The highest BCUT2D eigenvalue weighted by atomic mass is 32.1. The van der Waals surface area contributed by atoms with Crippen LogP contribution in [0.15, 0.2) is 60.1 Å². The molecule has 0 saturated carbocycles. The first-order valence-electron chi connectivity index (χ1n) is 7.45. The first kappa shape index (κ1) is 15.4. The molecule has 0 aliphatic rings. The molecule has 4 heteroatoms. The van der Waals surface area contributed by atoms with Crippen LogP contribution in [-0.4, -0.2) is 10.5 Å². The van der Waals surface area contributed by atoms with Gasteiger partial charge in [-0.25, -0.2) is 0 Å². The van der Waals surface area contributed by atoms with Gasteiger partial charge in [0.15, 0.2) is 4.80 Å². The standard InChI is InChI=1S/C19H18N2OS/c1-4-10-21-16-11-13(2)14(3)12-17(16)23-19(21)20-18(22)15-8-6-5-7-9-15/h4-9,11-12H,1,10H2,2-3H3. The molecule has 0 saturated heterocycles. The predicted octanol–water partition coefficient (Wildman–Crippen LogP) is 4.25. The number of aryl methyl sites for hydroxylation is 2. The third kappa shape index (κ3) is 3.03. The van der Waals surface area contributed by atoms with E-state index in [2.05, 4.69) is 37.6 Å². The number of nitrogens with zero attached hydrogens (tertiary/aromatic N) is 2. The minimum Gasteiger partial charge on any atom is -0.312 e. The van der Waals surface area contributed by atoms with Crippen LogP contribution in [0.2, 0.25) is 0 Å². The van der Waals surface area contributed by atoms with Crippen molar-refractivity contribution in [1.82, 2.24) is 4.57 Å². The van der Waals surface area contributed by atoms with E-state index in [0.29, 0.717) is 16.9 Å². The van der Waals surface area contributed by atoms with Gasteiger partial charge in [-0.1, -0.05) is 35.6 Å². The van der Waals surface area contributed by atoms with Crippen molar-refractivity contribution >= 4 is 27.5 Å². The molecule has 0 atom stereocenters. The van der Waals surface area contributed by atoms with Crippen molar-refractivity contribution in [3.63, 3.8) is 0 Å². The molecule has 3 aromatic rings. The summed E-state index contributed by atoms with van der Waals surface area (Å²) in [5, 5.41) is 0. The average Bonchev–Trinajstić information content (AvgIpc) is 2.86. The van der Waals surface area contributed by atoms with Crippen molar-refractivity contribution in [1.29, 1.82) is 0 Å². The van der Waals surface area contributed by atoms with Gasteiger partial charge in [-0.05, 0) is 49.2 Å². The molecule has 0 unspecified atom stereocenters. The highest BCUT2D eigenvalue weighted by molar-refractivity contribution is 7.16. The summed E-state index contributed by atoms with van der Waals surface area (Å²) < 4.78 is 3.18. The van der Waals surface area contributed by atoms with Crippen LogP contribution in [0.3, 0.4) is 0 Å². The summed E-state index contributed by atoms with van der Waals surface area (Å²) in [4.78, 5) is 17.4. The molecule has 1 aromatic heterocycles. The molecule has 116 valence electrons. The molecule has 1 amide bonds. The average molecular weight is 322 g/mol. The van der Waals surface area contributed by atoms with E-state index in [1.807, 2.05) is 28.8 Å². The topological polar surface area (TPSA) is 34.4 Å². The third-order valence-electron chi connectivity index (χ3n) is 3.83. The number of allylic oxidation sites excluding steroid dienone is 1. The summed E-state index contributed by atoms with van der Waals surface area (Å²) in [5.41, 5.74) is 4.17. The van der Waals surface area contributed by atoms with Gasteiger partial charge in [-0.15, -0.1) is 6.58 Å². The normalized spacial score (nSPS) is 11.8. The third-order valence-corrected chi connectivity index (χ3v) is 4.87. The van der Waals surface area contributed by atoms with Crippen LogP contribution in [0.1, 0.15) is 21.5 Å². The molecule has 3 nitrogen and oxygen atoms in total. The zero-order valence-corrected chi connectivity index (χ0v) is 14.1. The van der Waals surface area contributed by atoms with E-state index in [4.69, 9.17) is 0 Å². The van der Waals surface area contributed by atoms with Gasteiger partial charge in [0.2, 0.25) is 0 Å². The van der Waals surface area contributed by atoms with Gasteiger partial charge in [0.25, 0.3) is 5.91 Å². The van der Waals surface area contributed by atoms with Crippen LogP contribution in [0.25, 0.3) is 10.2 Å². The van der Waals surface area contributed by atoms with Crippen LogP contribution in [0, 0.1) is 13.8 Å². The summed E-state index contributed by atoms with van der Waals surface area (Å²) >= 11 is 1.54. The maximum atomic E-state index is 12.4. The van der Waals surface area contributed by atoms with Crippen LogP contribution >= 0.6 is 11.3 Å². The fourth-order valence-corrected chi connectivity index (χ4v) is 3.56. The minimum atomic E-state index is -0.219. The van der Waals surface area contributed by atoms with Gasteiger partial charge < -0.3 is 4.57 Å². The Morgan fingerprint density at radius 2 is 1.91 bits per heavy atom. The maximum Gasteiger partial charge on any atom is 0.279 e. The Balaban J connectivity index is 2.20. The molecule has 0 N–H and O–H groups in total. The highest BCUT2D eigenvalue weighted by Crippen LogP contribution is 2.22. The van der Waals surface area contributed by atoms with E-state index in [1.54, 1.807) is 12.1 Å². The first-order valence-corrected chi connectivity index (χ1v) is 8.27. The molecule has 3 rings (SSSR count). The second-order valence-electron chi connectivity index (χ2n) is 5.47. The lowest BCUT2D eigenvalue weighted by atomic mass is 10.1. The molecule has 1 heterocycles. The summed E-state index contributed by atoms with van der Waals surface area (Å²) in [7, 11) is 0. The predicted molar refractivity (Wildman–Crippen MR) is 95.8 cm³/mol. The Hall–Kier alpha value is -2.46. The van der Waals surface area contributed by atoms with Crippen LogP contribution < -0.4 is 4.80 Å². The van der Waals surface area contributed by atoms with E-state index in [-0.39, 0.29) is 5.91 Å². The molecule has 23 heavy (non-hydrogen) atoms. The van der Waals surface area contributed by atoms with Crippen molar-refractivity contribution in [2.45, 2.75) is 20.4 Å². The van der Waals surface area contributed by atoms with Crippen molar-refractivity contribution in [3.05, 3.63) is 76.6 Å². The van der Waals surface area contributed by atoms with Crippen LogP contribution in [0.4, 0.5) is 0 Å². The second-order valence-corrected chi connectivity index (χ2v) is 6.48. The fourth-order valence-electron chi connectivity index (χ4n) is 2.44. The van der Waals surface area contributed by atoms with Gasteiger partial charge in [0.1, 0.15) is 0 Å². The summed E-state index contributed by atoms with van der Waals surface area (Å²) in [6.07, 6.45) is 1.83. The number of hydrogen-bond donors (Lipinski definition) is 0. The molecule has 0 bridgehead atoms. The number of carbonyl (C=O) groups excluding carboxylic acids is 1. The zero-order valence-electron chi connectivity index (χ0n) is 13.2. The van der Waals surface area contributed by atoms with Crippen molar-refractivity contribution < 1.29 is 4.79 Å². The lowest BCUT2D eigenvalue weighted by Gasteiger charge is -2.04. The Kier molecular flexibility index (Phi) is 4.26. The van der Waals surface area contributed by atoms with Crippen LogP contribution in [0.5, 0.6) is 0 Å². The Bertz CT molecular complexity index is 949. The molecule has 0 aliphatic carbocycles. The largest absolute Gasteiger partial charge is 0.312 e. The van der Waals surface area contributed by atoms with Crippen molar-refractivity contribution in [2.75, 3.05) is 0 Å². The highest BCUT2D eigenvalue weighted by Gasteiger charge is 2.09. The number of carbonyl (C=O) groups is 1.